The molecule has 0 radical (unpaired) electrons. The maximum Gasteiger partial charge on any atom is 0.309 e. The van der Waals surface area contributed by atoms with E-state index < -0.39 is 17.5 Å². The summed E-state index contributed by atoms with van der Waals surface area (Å²) in [5, 5.41) is 2.52. The summed E-state index contributed by atoms with van der Waals surface area (Å²) in [6.07, 6.45) is 0.883. The third kappa shape index (κ3) is 4.05. The van der Waals surface area contributed by atoms with E-state index in [9.17, 15) is 9.59 Å². The minimum absolute atomic E-state index is 0.239. The van der Waals surface area contributed by atoms with E-state index in [1.165, 1.54) is 5.56 Å². The van der Waals surface area contributed by atoms with E-state index in [-0.39, 0.29) is 6.04 Å². The lowest BCUT2D eigenvalue weighted by molar-refractivity contribution is -0.137. The molecule has 1 atom stereocenters. The Bertz CT molecular complexity index is 531. The summed E-state index contributed by atoms with van der Waals surface area (Å²) in [4.78, 5) is 24.2. The van der Waals surface area contributed by atoms with Crippen LogP contribution in [0, 0.1) is 0 Å². The van der Waals surface area contributed by atoms with Gasteiger partial charge >= 0.3 is 11.8 Å². The number of amides is 2. The zero-order valence-electron chi connectivity index (χ0n) is 13.0. The van der Waals surface area contributed by atoms with Gasteiger partial charge in [-0.3, -0.25) is 14.5 Å². The third-order valence-corrected chi connectivity index (χ3v) is 3.94. The van der Waals surface area contributed by atoms with Crippen LogP contribution in [0.3, 0.4) is 0 Å². The highest BCUT2D eigenvalue weighted by atomic mass is 16.5. The quantitative estimate of drug-likeness (QED) is 0.765. The van der Waals surface area contributed by atoms with Gasteiger partial charge in [0.05, 0.1) is 6.61 Å². The summed E-state index contributed by atoms with van der Waals surface area (Å²) in [7, 11) is 0. The molecule has 0 unspecified atom stereocenters. The number of hydrogen-bond donors (Lipinski definition) is 2. The number of carbonyl (C=O) groups is 2. The fourth-order valence-electron chi connectivity index (χ4n) is 2.80. The number of nitrogens with two attached hydrogens (primary N) is 1. The number of hydrogen-bond acceptors (Lipinski definition) is 4. The van der Waals surface area contributed by atoms with E-state index in [0.29, 0.717) is 19.7 Å². The molecule has 1 aromatic carbocycles. The van der Waals surface area contributed by atoms with Gasteiger partial charge < -0.3 is 15.8 Å². The molecule has 0 bridgehead atoms. The van der Waals surface area contributed by atoms with Crippen molar-refractivity contribution in [3.8, 4) is 0 Å². The molecule has 2 amide bonds. The molecule has 1 heterocycles. The Labute approximate surface area is 130 Å². The minimum atomic E-state index is -0.960. The molecule has 1 aliphatic heterocycles. The van der Waals surface area contributed by atoms with Crippen molar-refractivity contribution in [3.63, 3.8) is 0 Å². The average Bonchev–Trinajstić information content (AvgIpc) is 2.75. The van der Waals surface area contributed by atoms with Crippen molar-refractivity contribution >= 4 is 11.8 Å². The number of rotatable bonds is 5. The largest absolute Gasteiger partial charge is 0.361 e. The van der Waals surface area contributed by atoms with Gasteiger partial charge in [0, 0.05) is 19.1 Å². The number of carbonyl (C=O) groups excluding carboxylic acids is 2. The maximum atomic E-state index is 11.2. The van der Waals surface area contributed by atoms with Gasteiger partial charge in [-0.1, -0.05) is 30.3 Å². The van der Waals surface area contributed by atoms with Crippen LogP contribution in [0.2, 0.25) is 0 Å². The molecule has 6 heteroatoms. The van der Waals surface area contributed by atoms with E-state index in [2.05, 4.69) is 22.3 Å². The van der Waals surface area contributed by atoms with Gasteiger partial charge in [0.15, 0.2) is 0 Å². The van der Waals surface area contributed by atoms with Gasteiger partial charge in [-0.2, -0.15) is 0 Å². The summed E-state index contributed by atoms with van der Waals surface area (Å²) in [6, 6.07) is 10.5. The number of nitrogens with zero attached hydrogens (tertiary/aromatic N) is 1. The molecule has 22 heavy (non-hydrogen) atoms. The first-order valence-electron chi connectivity index (χ1n) is 7.42. The molecule has 0 aromatic heterocycles. The fourth-order valence-corrected chi connectivity index (χ4v) is 2.80. The molecule has 0 saturated carbocycles. The van der Waals surface area contributed by atoms with Gasteiger partial charge in [-0.05, 0) is 25.8 Å². The van der Waals surface area contributed by atoms with Crippen molar-refractivity contribution in [2.24, 2.45) is 5.73 Å². The van der Waals surface area contributed by atoms with Crippen LogP contribution < -0.4 is 11.1 Å². The van der Waals surface area contributed by atoms with Gasteiger partial charge in [-0.15, -0.1) is 0 Å². The second kappa shape index (κ2) is 6.89. The van der Waals surface area contributed by atoms with E-state index in [4.69, 9.17) is 10.5 Å². The van der Waals surface area contributed by atoms with Gasteiger partial charge in [-0.25, -0.2) is 0 Å². The van der Waals surface area contributed by atoms with Crippen molar-refractivity contribution in [2.45, 2.75) is 32.0 Å². The predicted molar refractivity (Wildman–Crippen MR) is 82.9 cm³/mol. The van der Waals surface area contributed by atoms with Crippen LogP contribution in [0.15, 0.2) is 30.3 Å². The Balaban J connectivity index is 1.95. The molecule has 1 saturated heterocycles. The number of benzene rings is 1. The smallest absolute Gasteiger partial charge is 0.309 e. The van der Waals surface area contributed by atoms with E-state index in [0.717, 1.165) is 6.42 Å². The van der Waals surface area contributed by atoms with Crippen LogP contribution in [0.1, 0.15) is 19.4 Å². The molecule has 120 valence electrons. The number of nitrogens with one attached hydrogen (secondary N) is 1. The van der Waals surface area contributed by atoms with Gasteiger partial charge in [0.1, 0.15) is 5.72 Å². The molecule has 2 rings (SSSR count). The van der Waals surface area contributed by atoms with Crippen molar-refractivity contribution in [3.05, 3.63) is 35.9 Å². The summed E-state index contributed by atoms with van der Waals surface area (Å²) >= 11 is 0. The monoisotopic (exact) mass is 305 g/mol. The lowest BCUT2D eigenvalue weighted by atomic mass is 10.0. The summed E-state index contributed by atoms with van der Waals surface area (Å²) in [6.45, 7) is 5.62. The molecule has 1 fully saturated rings. The number of ether oxygens (including phenoxy) is 1. The summed E-state index contributed by atoms with van der Waals surface area (Å²) < 4.78 is 5.86. The number of primary amides is 1. The van der Waals surface area contributed by atoms with Crippen LogP contribution in [0.25, 0.3) is 0 Å². The average molecular weight is 305 g/mol. The highest BCUT2D eigenvalue weighted by Gasteiger charge is 2.39. The molecule has 0 spiro atoms. The SMILES string of the molecule is CC1(C)OC[C@H](Cc2ccccc2)N1CCNC(=O)C(N)=O. The van der Waals surface area contributed by atoms with Crippen LogP contribution in [0.4, 0.5) is 0 Å². The van der Waals surface area contributed by atoms with Crippen molar-refractivity contribution in [2.75, 3.05) is 19.7 Å². The molecule has 1 aliphatic rings. The molecule has 6 nitrogen and oxygen atoms in total. The second-order valence-electron chi connectivity index (χ2n) is 5.91. The Kier molecular flexibility index (Phi) is 5.15. The zero-order chi connectivity index (χ0) is 16.2. The first kappa shape index (κ1) is 16.5. The van der Waals surface area contributed by atoms with Crippen molar-refractivity contribution in [1.82, 2.24) is 10.2 Å². The maximum absolute atomic E-state index is 11.2. The lowest BCUT2D eigenvalue weighted by Gasteiger charge is -2.33. The van der Waals surface area contributed by atoms with Crippen molar-refractivity contribution in [1.29, 1.82) is 0 Å². The summed E-state index contributed by atoms with van der Waals surface area (Å²) in [5.74, 6) is -1.71. The van der Waals surface area contributed by atoms with Crippen LogP contribution >= 0.6 is 0 Å². The van der Waals surface area contributed by atoms with Gasteiger partial charge in [0.25, 0.3) is 0 Å². The van der Waals surface area contributed by atoms with Gasteiger partial charge in [0.2, 0.25) is 0 Å². The molecular weight excluding hydrogens is 282 g/mol. The molecular formula is C16H23N3O3. The minimum Gasteiger partial charge on any atom is -0.361 e. The molecule has 0 aliphatic carbocycles. The topological polar surface area (TPSA) is 84.7 Å². The Morgan fingerprint density at radius 3 is 2.68 bits per heavy atom. The Morgan fingerprint density at radius 1 is 1.36 bits per heavy atom. The zero-order valence-corrected chi connectivity index (χ0v) is 13.0. The summed E-state index contributed by atoms with van der Waals surface area (Å²) in [5.41, 5.74) is 5.78. The van der Waals surface area contributed by atoms with Crippen molar-refractivity contribution < 1.29 is 14.3 Å². The Morgan fingerprint density at radius 2 is 2.05 bits per heavy atom. The first-order valence-corrected chi connectivity index (χ1v) is 7.42. The standard InChI is InChI=1S/C16H23N3O3/c1-16(2)19(9-8-18-15(21)14(17)20)13(11-22-16)10-12-6-4-3-5-7-12/h3-7,13H,8-11H2,1-2H3,(H2,17,20)(H,18,21)/t13-/m0/s1. The second-order valence-corrected chi connectivity index (χ2v) is 5.91. The molecule has 1 aromatic rings. The van der Waals surface area contributed by atoms with E-state index in [1.54, 1.807) is 0 Å². The predicted octanol–water partition coefficient (Wildman–Crippen LogP) is 0.268. The fraction of sp³-hybridized carbons (Fsp3) is 0.500. The highest BCUT2D eigenvalue weighted by Crippen LogP contribution is 2.28. The van der Waals surface area contributed by atoms with E-state index in [1.807, 2.05) is 32.0 Å². The first-order chi connectivity index (χ1) is 10.4. The highest BCUT2D eigenvalue weighted by molar-refractivity contribution is 6.34. The third-order valence-electron chi connectivity index (χ3n) is 3.94. The van der Waals surface area contributed by atoms with E-state index >= 15 is 0 Å². The Hall–Kier alpha value is -1.92. The molecule has 3 N–H and O–H groups in total. The van der Waals surface area contributed by atoms with Crippen LogP contribution in [-0.4, -0.2) is 48.2 Å². The normalized spacial score (nSPS) is 20.7. The lowest BCUT2D eigenvalue weighted by Crippen LogP contribution is -2.49. The van der Waals surface area contributed by atoms with Crippen LogP contribution in [0.5, 0.6) is 0 Å². The van der Waals surface area contributed by atoms with Crippen LogP contribution in [-0.2, 0) is 20.7 Å².